The van der Waals surface area contributed by atoms with Crippen LogP contribution in [0.5, 0.6) is 11.5 Å². The highest BCUT2D eigenvalue weighted by atomic mass is 79.9. The van der Waals surface area contributed by atoms with Crippen LogP contribution in [0.2, 0.25) is 15.1 Å². The zero-order valence-corrected chi connectivity index (χ0v) is 25.9. The van der Waals surface area contributed by atoms with Crippen LogP contribution >= 0.6 is 62.5 Å². The lowest BCUT2D eigenvalue weighted by Crippen LogP contribution is -2.36. The molecular weight excluding hydrogens is 663 g/mol. The average Bonchev–Trinajstić information content (AvgIpc) is 3.14. The summed E-state index contributed by atoms with van der Waals surface area (Å²) in [5.74, 6) is -0.208. The zero-order valence-electron chi connectivity index (χ0n) is 21.2. The van der Waals surface area contributed by atoms with Gasteiger partial charge in [-0.3, -0.25) is 19.3 Å². The molecule has 1 aliphatic heterocycles. The summed E-state index contributed by atoms with van der Waals surface area (Å²) >= 11 is 22.6. The number of nitrogens with one attached hydrogen (secondary N) is 1. The summed E-state index contributed by atoms with van der Waals surface area (Å²) in [6.07, 6.45) is 1.57. The van der Waals surface area contributed by atoms with Gasteiger partial charge in [0.05, 0.1) is 16.0 Å². The summed E-state index contributed by atoms with van der Waals surface area (Å²) in [7, 11) is 0. The molecule has 7 nitrogen and oxygen atoms in total. The minimum Gasteiger partial charge on any atom is -0.490 e. The molecule has 3 aromatic rings. The maximum Gasteiger partial charge on any atom is 0.294 e. The smallest absolute Gasteiger partial charge is 0.294 e. The van der Waals surface area contributed by atoms with E-state index in [1.807, 2.05) is 13.8 Å². The Labute approximate surface area is 258 Å². The van der Waals surface area contributed by atoms with Crippen molar-refractivity contribution >= 4 is 91.3 Å². The Morgan fingerprint density at radius 3 is 2.52 bits per heavy atom. The number of aryl methyl sites for hydroxylation is 1. The first-order valence-corrected chi connectivity index (χ1v) is 14.6. The first-order chi connectivity index (χ1) is 19.0. The Bertz CT molecular complexity index is 1530. The molecule has 0 unspecified atom stereocenters. The number of nitrogens with zero attached hydrogens (tertiary/aromatic N) is 1. The fourth-order valence-corrected chi connectivity index (χ4v) is 5.72. The Balaban J connectivity index is 1.49. The number of halogens is 4. The summed E-state index contributed by atoms with van der Waals surface area (Å²) in [5, 5.41) is 3.61. The van der Waals surface area contributed by atoms with Crippen LogP contribution in [0, 0.1) is 6.92 Å². The number of carbonyl (C=O) groups excluding carboxylic acids is 3. The molecular formula is C28H22BrCl3N2O5S. The van der Waals surface area contributed by atoms with Crippen LogP contribution in [0.15, 0.2) is 57.9 Å². The molecule has 1 fully saturated rings. The molecule has 0 saturated carbocycles. The van der Waals surface area contributed by atoms with Gasteiger partial charge in [0.2, 0.25) is 5.91 Å². The highest BCUT2D eigenvalue weighted by molar-refractivity contribution is 9.10. The maximum absolute atomic E-state index is 13.0. The monoisotopic (exact) mass is 682 g/mol. The van der Waals surface area contributed by atoms with Gasteiger partial charge < -0.3 is 14.8 Å². The number of ether oxygens (including phenoxy) is 2. The van der Waals surface area contributed by atoms with Crippen molar-refractivity contribution in [1.29, 1.82) is 0 Å². The van der Waals surface area contributed by atoms with Crippen molar-refractivity contribution in [3.63, 3.8) is 0 Å². The van der Waals surface area contributed by atoms with Crippen molar-refractivity contribution in [2.75, 3.05) is 18.5 Å². The fraction of sp³-hybridized carbons (Fsp3) is 0.179. The van der Waals surface area contributed by atoms with E-state index in [-0.39, 0.29) is 11.5 Å². The number of hydrogen-bond acceptors (Lipinski definition) is 6. The number of anilines is 1. The third-order valence-corrected chi connectivity index (χ3v) is 8.14. The van der Waals surface area contributed by atoms with Crippen LogP contribution < -0.4 is 14.8 Å². The standard InChI is InChI=1S/C28H22BrCl3N2O5S/c1-3-38-23-9-16(8-20(29)26(23)39-14-17-5-6-18(30)11-22(17)32)10-24-27(36)34(28(37)40-24)13-25(35)33-19-7-4-15(2)21(31)12-19/h4-12H,3,13-14H2,1-2H3,(H,33,35)/b24-10-. The molecule has 0 spiro atoms. The van der Waals surface area contributed by atoms with Crippen LogP contribution in [0.4, 0.5) is 10.5 Å². The average molecular weight is 685 g/mol. The molecule has 4 rings (SSSR count). The fourth-order valence-electron chi connectivity index (χ4n) is 3.67. The van der Waals surface area contributed by atoms with Gasteiger partial charge in [0.1, 0.15) is 13.2 Å². The lowest BCUT2D eigenvalue weighted by molar-refractivity contribution is -0.127. The van der Waals surface area contributed by atoms with Gasteiger partial charge in [0, 0.05) is 26.3 Å². The minimum absolute atomic E-state index is 0.170. The summed E-state index contributed by atoms with van der Waals surface area (Å²) in [4.78, 5) is 39.2. The Hall–Kier alpha value is -2.69. The van der Waals surface area contributed by atoms with E-state index in [1.165, 1.54) is 0 Å². The molecule has 0 bridgehead atoms. The van der Waals surface area contributed by atoms with Crippen molar-refractivity contribution in [3.8, 4) is 11.5 Å². The second kappa shape index (κ2) is 13.3. The van der Waals surface area contributed by atoms with Gasteiger partial charge in [-0.15, -0.1) is 0 Å². The van der Waals surface area contributed by atoms with E-state index in [9.17, 15) is 14.4 Å². The number of amides is 3. The number of hydrogen-bond donors (Lipinski definition) is 1. The van der Waals surface area contributed by atoms with Crippen LogP contribution in [-0.2, 0) is 16.2 Å². The molecule has 208 valence electrons. The van der Waals surface area contributed by atoms with E-state index in [4.69, 9.17) is 44.3 Å². The predicted molar refractivity (Wildman–Crippen MR) is 164 cm³/mol. The molecule has 1 aliphatic rings. The van der Waals surface area contributed by atoms with E-state index in [0.29, 0.717) is 48.9 Å². The lowest BCUT2D eigenvalue weighted by Gasteiger charge is -2.15. The zero-order chi connectivity index (χ0) is 29.0. The van der Waals surface area contributed by atoms with Crippen LogP contribution in [-0.4, -0.2) is 35.1 Å². The molecule has 1 N–H and O–H groups in total. The SMILES string of the molecule is CCOc1cc(/C=C2\SC(=O)N(CC(=O)Nc3ccc(C)c(Cl)c3)C2=O)cc(Br)c1OCc1ccc(Cl)cc1Cl. The van der Waals surface area contributed by atoms with Gasteiger partial charge >= 0.3 is 0 Å². The number of rotatable bonds is 9. The summed E-state index contributed by atoms with van der Waals surface area (Å²) in [6, 6.07) is 13.6. The third-order valence-electron chi connectivity index (χ3n) is 5.65. The molecule has 0 radical (unpaired) electrons. The largest absolute Gasteiger partial charge is 0.490 e. The first-order valence-electron chi connectivity index (χ1n) is 11.9. The van der Waals surface area contributed by atoms with Gasteiger partial charge in [-0.25, -0.2) is 0 Å². The summed E-state index contributed by atoms with van der Waals surface area (Å²) < 4.78 is 12.4. The Morgan fingerprint density at radius 2 is 1.82 bits per heavy atom. The predicted octanol–water partition coefficient (Wildman–Crippen LogP) is 8.37. The topological polar surface area (TPSA) is 84.9 Å². The van der Waals surface area contributed by atoms with E-state index in [2.05, 4.69) is 21.2 Å². The molecule has 0 aromatic heterocycles. The molecule has 1 saturated heterocycles. The van der Waals surface area contributed by atoms with Gasteiger partial charge in [-0.1, -0.05) is 46.9 Å². The maximum atomic E-state index is 13.0. The second-order valence-corrected chi connectivity index (χ2v) is 11.7. The van der Waals surface area contributed by atoms with Crippen molar-refractivity contribution in [2.45, 2.75) is 20.5 Å². The van der Waals surface area contributed by atoms with E-state index in [1.54, 1.807) is 54.6 Å². The molecule has 40 heavy (non-hydrogen) atoms. The van der Waals surface area contributed by atoms with E-state index >= 15 is 0 Å². The van der Waals surface area contributed by atoms with E-state index in [0.717, 1.165) is 27.8 Å². The van der Waals surface area contributed by atoms with Gasteiger partial charge in [0.15, 0.2) is 11.5 Å². The number of thioether (sulfide) groups is 1. The quantitative estimate of drug-likeness (QED) is 0.228. The number of carbonyl (C=O) groups is 3. The molecule has 1 heterocycles. The second-order valence-electron chi connectivity index (χ2n) is 8.57. The van der Waals surface area contributed by atoms with Gasteiger partial charge in [-0.05, 0) is 95.1 Å². The number of imide groups is 1. The van der Waals surface area contributed by atoms with Crippen molar-refractivity contribution in [3.05, 3.63) is 89.7 Å². The molecule has 0 atom stereocenters. The minimum atomic E-state index is -0.570. The van der Waals surface area contributed by atoms with Crippen LogP contribution in [0.25, 0.3) is 6.08 Å². The number of benzene rings is 3. The van der Waals surface area contributed by atoms with Crippen molar-refractivity contribution in [2.24, 2.45) is 0 Å². The Morgan fingerprint density at radius 1 is 1.05 bits per heavy atom. The van der Waals surface area contributed by atoms with Gasteiger partial charge in [0.25, 0.3) is 11.1 Å². The highest BCUT2D eigenvalue weighted by Gasteiger charge is 2.36. The molecule has 0 aliphatic carbocycles. The van der Waals surface area contributed by atoms with Gasteiger partial charge in [-0.2, -0.15) is 0 Å². The Kier molecular flexibility index (Phi) is 10.1. The summed E-state index contributed by atoms with van der Waals surface area (Å²) in [6.45, 7) is 3.78. The third kappa shape index (κ3) is 7.33. The molecule has 3 aromatic carbocycles. The van der Waals surface area contributed by atoms with Crippen LogP contribution in [0.3, 0.4) is 0 Å². The molecule has 3 amide bonds. The van der Waals surface area contributed by atoms with Crippen molar-refractivity contribution in [1.82, 2.24) is 4.90 Å². The van der Waals surface area contributed by atoms with Crippen LogP contribution in [0.1, 0.15) is 23.6 Å². The first kappa shape index (κ1) is 30.3. The lowest BCUT2D eigenvalue weighted by atomic mass is 10.1. The highest BCUT2D eigenvalue weighted by Crippen LogP contribution is 2.40. The molecule has 12 heteroatoms. The normalized spacial score (nSPS) is 14.2. The summed E-state index contributed by atoms with van der Waals surface area (Å²) in [5.41, 5.74) is 2.67. The van der Waals surface area contributed by atoms with E-state index < -0.39 is 23.6 Å². The van der Waals surface area contributed by atoms with Crippen molar-refractivity contribution < 1.29 is 23.9 Å².